The molecule has 0 radical (unpaired) electrons. The summed E-state index contributed by atoms with van der Waals surface area (Å²) in [4.78, 5) is 15.5. The van der Waals surface area contributed by atoms with Crippen LogP contribution in [-0.4, -0.2) is 17.6 Å². The van der Waals surface area contributed by atoms with Crippen LogP contribution in [0.4, 0.5) is 4.39 Å². The van der Waals surface area contributed by atoms with Crippen LogP contribution in [0.15, 0.2) is 67.0 Å². The van der Waals surface area contributed by atoms with Crippen LogP contribution in [0.25, 0.3) is 11.1 Å². The molecule has 0 aliphatic carbocycles. The number of nitrogens with zero attached hydrogens (tertiary/aromatic N) is 1. The minimum Gasteiger partial charge on any atom is -0.489 e. The van der Waals surface area contributed by atoms with Crippen molar-refractivity contribution >= 4 is 5.97 Å². The topological polar surface area (TPSA) is 48.4 Å². The Hall–Kier alpha value is -3.21. The molecule has 144 valence electrons. The molecule has 2 aromatic carbocycles. The minimum atomic E-state index is -0.300. The Kier molecular flexibility index (Phi) is 6.73. The van der Waals surface area contributed by atoms with Crippen molar-refractivity contribution in [1.29, 1.82) is 0 Å². The number of esters is 1. The summed E-state index contributed by atoms with van der Waals surface area (Å²) in [6, 6.07) is 16.0. The zero-order valence-corrected chi connectivity index (χ0v) is 15.7. The Morgan fingerprint density at radius 2 is 1.79 bits per heavy atom. The van der Waals surface area contributed by atoms with Crippen LogP contribution in [-0.2, 0) is 22.6 Å². The zero-order chi connectivity index (χ0) is 19.8. The molecule has 3 aromatic rings. The van der Waals surface area contributed by atoms with E-state index in [-0.39, 0.29) is 18.4 Å². The fraction of sp³-hybridized carbons (Fsp3) is 0.217. The summed E-state index contributed by atoms with van der Waals surface area (Å²) in [5, 5.41) is 0. The summed E-state index contributed by atoms with van der Waals surface area (Å²) in [5.74, 6) is 0.188. The second-order valence-electron chi connectivity index (χ2n) is 6.28. The van der Waals surface area contributed by atoms with Crippen LogP contribution >= 0.6 is 0 Å². The average Bonchev–Trinajstić information content (AvgIpc) is 2.72. The van der Waals surface area contributed by atoms with Gasteiger partial charge in [-0.1, -0.05) is 18.2 Å². The van der Waals surface area contributed by atoms with Gasteiger partial charge in [-0.25, -0.2) is 4.39 Å². The Bertz CT molecular complexity index is 911. The third-order valence-corrected chi connectivity index (χ3v) is 4.30. The van der Waals surface area contributed by atoms with Gasteiger partial charge >= 0.3 is 5.97 Å². The highest BCUT2D eigenvalue weighted by molar-refractivity contribution is 5.69. The number of halogens is 1. The van der Waals surface area contributed by atoms with Crippen molar-refractivity contribution in [3.05, 3.63) is 83.9 Å². The quantitative estimate of drug-likeness (QED) is 0.519. The molecule has 0 N–H and O–H groups in total. The van der Waals surface area contributed by atoms with Crippen molar-refractivity contribution in [3.63, 3.8) is 0 Å². The molecule has 3 rings (SSSR count). The van der Waals surface area contributed by atoms with E-state index in [4.69, 9.17) is 9.47 Å². The molecule has 5 heteroatoms. The highest BCUT2D eigenvalue weighted by atomic mass is 19.1. The number of ether oxygens (including phenoxy) is 2. The average molecular weight is 379 g/mol. The number of aromatic nitrogens is 1. The number of aryl methyl sites for hydroxylation is 1. The molecule has 1 heterocycles. The lowest BCUT2D eigenvalue weighted by atomic mass is 10.0. The van der Waals surface area contributed by atoms with Gasteiger partial charge in [0.25, 0.3) is 0 Å². The molecule has 0 aliphatic rings. The lowest BCUT2D eigenvalue weighted by molar-refractivity contribution is -0.143. The normalized spacial score (nSPS) is 10.5. The lowest BCUT2D eigenvalue weighted by Crippen LogP contribution is -2.05. The van der Waals surface area contributed by atoms with Crippen LogP contribution in [0, 0.1) is 5.82 Å². The first-order valence-corrected chi connectivity index (χ1v) is 9.22. The number of carbonyl (C=O) groups is 1. The molecule has 0 atom stereocenters. The molecule has 28 heavy (non-hydrogen) atoms. The molecule has 0 aliphatic heterocycles. The summed E-state index contributed by atoms with van der Waals surface area (Å²) in [6.07, 6.45) is 4.39. The molecule has 0 unspecified atom stereocenters. The Morgan fingerprint density at radius 3 is 2.50 bits per heavy atom. The Balaban J connectivity index is 1.64. The second kappa shape index (κ2) is 9.65. The van der Waals surface area contributed by atoms with E-state index >= 15 is 0 Å². The monoisotopic (exact) mass is 379 g/mol. The van der Waals surface area contributed by atoms with Crippen LogP contribution in [0.5, 0.6) is 5.75 Å². The van der Waals surface area contributed by atoms with Crippen molar-refractivity contribution in [1.82, 2.24) is 4.98 Å². The minimum absolute atomic E-state index is 0.197. The third kappa shape index (κ3) is 5.39. The van der Waals surface area contributed by atoms with E-state index in [1.54, 1.807) is 25.4 Å². The van der Waals surface area contributed by atoms with E-state index in [0.29, 0.717) is 25.2 Å². The van der Waals surface area contributed by atoms with Gasteiger partial charge < -0.3 is 9.47 Å². The second-order valence-corrected chi connectivity index (χ2v) is 6.28. The maximum Gasteiger partial charge on any atom is 0.306 e. The Labute approximate surface area is 164 Å². The standard InChI is InChI=1S/C23H22FNO3/c1-2-27-23(26)10-5-17-3-7-21(8-4-17)28-16-19-15-20(24)6-9-22(19)18-11-13-25-14-12-18/h3-4,6-9,11-15H,2,5,10,16H2,1H3. The molecule has 0 spiro atoms. The molecule has 0 bridgehead atoms. The highest BCUT2D eigenvalue weighted by Gasteiger charge is 2.08. The molecule has 4 nitrogen and oxygen atoms in total. The predicted molar refractivity (Wildman–Crippen MR) is 105 cm³/mol. The summed E-state index contributed by atoms with van der Waals surface area (Å²) in [7, 11) is 0. The van der Waals surface area contributed by atoms with E-state index in [0.717, 1.165) is 22.3 Å². The van der Waals surface area contributed by atoms with Gasteiger partial charge in [0.1, 0.15) is 18.2 Å². The summed E-state index contributed by atoms with van der Waals surface area (Å²) in [5.41, 5.74) is 3.67. The number of pyridine rings is 1. The van der Waals surface area contributed by atoms with E-state index in [2.05, 4.69) is 4.98 Å². The van der Waals surface area contributed by atoms with Gasteiger partial charge in [0.2, 0.25) is 0 Å². The van der Waals surface area contributed by atoms with E-state index < -0.39 is 0 Å². The van der Waals surface area contributed by atoms with Crippen LogP contribution in [0.3, 0.4) is 0 Å². The fourth-order valence-electron chi connectivity index (χ4n) is 2.89. The number of hydrogen-bond donors (Lipinski definition) is 0. The van der Waals surface area contributed by atoms with Gasteiger partial charge in [-0.05, 0) is 72.0 Å². The largest absolute Gasteiger partial charge is 0.489 e. The maximum absolute atomic E-state index is 13.7. The molecule has 0 fully saturated rings. The van der Waals surface area contributed by atoms with Gasteiger partial charge in [-0.15, -0.1) is 0 Å². The summed E-state index contributed by atoms with van der Waals surface area (Å²) < 4.78 is 24.5. The molecule has 0 saturated carbocycles. The summed E-state index contributed by atoms with van der Waals surface area (Å²) in [6.45, 7) is 2.44. The van der Waals surface area contributed by atoms with E-state index in [1.165, 1.54) is 12.1 Å². The van der Waals surface area contributed by atoms with Crippen LogP contribution < -0.4 is 4.74 Å². The van der Waals surface area contributed by atoms with Gasteiger partial charge in [0.15, 0.2) is 0 Å². The van der Waals surface area contributed by atoms with Gasteiger partial charge in [0, 0.05) is 18.8 Å². The van der Waals surface area contributed by atoms with Gasteiger partial charge in [0.05, 0.1) is 6.61 Å². The van der Waals surface area contributed by atoms with Crippen molar-refractivity contribution < 1.29 is 18.7 Å². The van der Waals surface area contributed by atoms with Crippen LogP contribution in [0.2, 0.25) is 0 Å². The highest BCUT2D eigenvalue weighted by Crippen LogP contribution is 2.25. The smallest absolute Gasteiger partial charge is 0.306 e. The molecule has 0 amide bonds. The zero-order valence-electron chi connectivity index (χ0n) is 15.7. The van der Waals surface area contributed by atoms with Gasteiger partial charge in [-0.3, -0.25) is 9.78 Å². The SMILES string of the molecule is CCOC(=O)CCc1ccc(OCc2cc(F)ccc2-c2ccncc2)cc1. The maximum atomic E-state index is 13.7. The van der Waals surface area contributed by atoms with Crippen molar-refractivity contribution in [2.75, 3.05) is 6.61 Å². The number of hydrogen-bond acceptors (Lipinski definition) is 4. The third-order valence-electron chi connectivity index (χ3n) is 4.30. The van der Waals surface area contributed by atoms with E-state index in [1.807, 2.05) is 36.4 Å². The molecular weight excluding hydrogens is 357 g/mol. The Morgan fingerprint density at radius 1 is 1.04 bits per heavy atom. The number of carbonyl (C=O) groups excluding carboxylic acids is 1. The number of rotatable bonds is 8. The van der Waals surface area contributed by atoms with Gasteiger partial charge in [-0.2, -0.15) is 0 Å². The van der Waals surface area contributed by atoms with Crippen molar-refractivity contribution in [2.45, 2.75) is 26.4 Å². The van der Waals surface area contributed by atoms with Crippen molar-refractivity contribution in [2.24, 2.45) is 0 Å². The first kappa shape index (κ1) is 19.5. The van der Waals surface area contributed by atoms with E-state index in [9.17, 15) is 9.18 Å². The first-order chi connectivity index (χ1) is 13.7. The first-order valence-electron chi connectivity index (χ1n) is 9.22. The lowest BCUT2D eigenvalue weighted by Gasteiger charge is -2.12. The predicted octanol–water partition coefficient (Wildman–Crippen LogP) is 4.96. The molecule has 1 aromatic heterocycles. The number of benzene rings is 2. The fourth-order valence-corrected chi connectivity index (χ4v) is 2.89. The van der Waals surface area contributed by atoms with Crippen LogP contribution in [0.1, 0.15) is 24.5 Å². The molecular formula is C23H22FNO3. The van der Waals surface area contributed by atoms with Crippen molar-refractivity contribution in [3.8, 4) is 16.9 Å². The summed E-state index contributed by atoms with van der Waals surface area (Å²) >= 11 is 0. The molecule has 0 saturated heterocycles.